The van der Waals surface area contributed by atoms with Crippen LogP contribution in [0.3, 0.4) is 0 Å². The summed E-state index contributed by atoms with van der Waals surface area (Å²) in [6.45, 7) is 0.616. The lowest BCUT2D eigenvalue weighted by Crippen LogP contribution is -2.34. The Bertz CT molecular complexity index is 1220. The van der Waals surface area contributed by atoms with Crippen LogP contribution in [0.4, 0.5) is 11.4 Å². The topological polar surface area (TPSA) is 40.6 Å². The first kappa shape index (κ1) is 18.9. The van der Waals surface area contributed by atoms with Gasteiger partial charge in [0.05, 0.1) is 16.3 Å². The van der Waals surface area contributed by atoms with Gasteiger partial charge in [0.25, 0.3) is 11.8 Å². The highest BCUT2D eigenvalue weighted by Gasteiger charge is 2.44. The van der Waals surface area contributed by atoms with E-state index in [0.29, 0.717) is 39.1 Å². The van der Waals surface area contributed by atoms with Crippen molar-refractivity contribution in [1.29, 1.82) is 0 Å². The third kappa shape index (κ3) is 2.92. The SMILES string of the molecule is O=C1C(c2ccc(Cl)cc2Cl)=C(N2CCc3ccccc32)C(=O)N1c1ccccc1. The second-order valence-corrected chi connectivity index (χ2v) is 8.00. The van der Waals surface area contributed by atoms with Crippen LogP contribution in [-0.2, 0) is 16.0 Å². The van der Waals surface area contributed by atoms with Gasteiger partial charge in [-0.2, -0.15) is 0 Å². The Morgan fingerprint density at radius 2 is 1.53 bits per heavy atom. The molecule has 2 aliphatic heterocycles. The van der Waals surface area contributed by atoms with Crippen molar-refractivity contribution in [3.05, 3.63) is 99.7 Å². The summed E-state index contributed by atoms with van der Waals surface area (Å²) in [7, 11) is 0. The molecule has 0 radical (unpaired) electrons. The zero-order valence-corrected chi connectivity index (χ0v) is 17.3. The molecule has 2 aliphatic rings. The predicted octanol–water partition coefficient (Wildman–Crippen LogP) is 5.34. The minimum Gasteiger partial charge on any atom is -0.336 e. The minimum absolute atomic E-state index is 0.294. The van der Waals surface area contributed by atoms with Crippen LogP contribution < -0.4 is 9.80 Å². The summed E-state index contributed by atoms with van der Waals surface area (Å²) < 4.78 is 0. The van der Waals surface area contributed by atoms with Gasteiger partial charge in [0.1, 0.15) is 5.70 Å². The molecule has 0 aromatic heterocycles. The Kier molecular flexibility index (Phi) is 4.61. The van der Waals surface area contributed by atoms with Gasteiger partial charge in [-0.25, -0.2) is 4.90 Å². The van der Waals surface area contributed by atoms with Crippen LogP contribution in [0.25, 0.3) is 5.57 Å². The van der Waals surface area contributed by atoms with Gasteiger partial charge in [0.15, 0.2) is 0 Å². The first-order chi connectivity index (χ1) is 14.6. The van der Waals surface area contributed by atoms with Gasteiger partial charge in [0, 0.05) is 22.8 Å². The number of fused-ring (bicyclic) bond motifs is 1. The molecule has 0 aliphatic carbocycles. The molecule has 3 aromatic carbocycles. The second kappa shape index (κ2) is 7.31. The molecule has 0 saturated heterocycles. The van der Waals surface area contributed by atoms with Gasteiger partial charge in [-0.3, -0.25) is 9.59 Å². The maximum Gasteiger partial charge on any atom is 0.282 e. The number of amides is 2. The van der Waals surface area contributed by atoms with Crippen molar-refractivity contribution in [2.45, 2.75) is 6.42 Å². The van der Waals surface area contributed by atoms with Crippen LogP contribution in [0.5, 0.6) is 0 Å². The molecular formula is C24H16Cl2N2O2. The van der Waals surface area contributed by atoms with Crippen molar-refractivity contribution in [3.8, 4) is 0 Å². The quantitative estimate of drug-likeness (QED) is 0.522. The summed E-state index contributed by atoms with van der Waals surface area (Å²) in [4.78, 5) is 30.3. The van der Waals surface area contributed by atoms with Crippen LogP contribution in [0.1, 0.15) is 11.1 Å². The van der Waals surface area contributed by atoms with Crippen molar-refractivity contribution < 1.29 is 9.59 Å². The van der Waals surface area contributed by atoms with Crippen molar-refractivity contribution in [2.24, 2.45) is 0 Å². The summed E-state index contributed by atoms with van der Waals surface area (Å²) in [6.07, 6.45) is 0.800. The van der Waals surface area contributed by atoms with Gasteiger partial charge in [-0.05, 0) is 42.3 Å². The molecule has 3 aromatic rings. The smallest absolute Gasteiger partial charge is 0.282 e. The van der Waals surface area contributed by atoms with Gasteiger partial charge >= 0.3 is 0 Å². The standard InChI is InChI=1S/C24H16Cl2N2O2/c25-16-10-11-18(19(26)14-16)21-22(27-13-12-15-6-4-5-9-20(15)27)24(30)28(23(21)29)17-7-2-1-3-8-17/h1-11,14H,12-13H2. The first-order valence-electron chi connectivity index (χ1n) is 9.55. The van der Waals surface area contributed by atoms with E-state index in [4.69, 9.17) is 23.2 Å². The molecule has 0 saturated carbocycles. The number of rotatable bonds is 3. The van der Waals surface area contributed by atoms with E-state index in [1.165, 1.54) is 4.90 Å². The van der Waals surface area contributed by atoms with E-state index in [1.807, 2.05) is 35.2 Å². The van der Waals surface area contributed by atoms with E-state index in [-0.39, 0.29) is 5.91 Å². The molecule has 6 heteroatoms. The highest BCUT2D eigenvalue weighted by Crippen LogP contribution is 2.41. The third-order valence-electron chi connectivity index (χ3n) is 5.43. The Morgan fingerprint density at radius 1 is 0.800 bits per heavy atom. The largest absolute Gasteiger partial charge is 0.336 e. The molecular weight excluding hydrogens is 419 g/mol. The molecule has 0 spiro atoms. The van der Waals surface area contributed by atoms with Gasteiger partial charge in [0.2, 0.25) is 0 Å². The number of carbonyl (C=O) groups excluding carboxylic acids is 2. The molecule has 0 bridgehead atoms. The van der Waals surface area contributed by atoms with E-state index < -0.39 is 5.91 Å². The average Bonchev–Trinajstić information content (AvgIpc) is 3.27. The Balaban J connectivity index is 1.72. The molecule has 0 unspecified atom stereocenters. The molecule has 4 nitrogen and oxygen atoms in total. The van der Waals surface area contributed by atoms with Gasteiger partial charge in [-0.15, -0.1) is 0 Å². The fraction of sp³-hybridized carbons (Fsp3) is 0.0833. The van der Waals surface area contributed by atoms with Gasteiger partial charge < -0.3 is 4.90 Å². The number of para-hydroxylation sites is 2. The number of hydrogen-bond donors (Lipinski definition) is 0. The van der Waals surface area contributed by atoms with E-state index in [2.05, 4.69) is 0 Å². The molecule has 0 atom stereocenters. The lowest BCUT2D eigenvalue weighted by atomic mass is 10.0. The van der Waals surface area contributed by atoms with Crippen molar-refractivity contribution in [2.75, 3.05) is 16.3 Å². The van der Waals surface area contributed by atoms with E-state index >= 15 is 0 Å². The highest BCUT2D eigenvalue weighted by atomic mass is 35.5. The normalized spacial score (nSPS) is 15.9. The van der Waals surface area contributed by atoms with Crippen LogP contribution in [0.2, 0.25) is 10.0 Å². The number of imide groups is 1. The van der Waals surface area contributed by atoms with Crippen LogP contribution >= 0.6 is 23.2 Å². The van der Waals surface area contributed by atoms with E-state index in [1.54, 1.807) is 42.5 Å². The number of anilines is 2. The van der Waals surface area contributed by atoms with Crippen LogP contribution in [-0.4, -0.2) is 18.4 Å². The number of carbonyl (C=O) groups is 2. The Morgan fingerprint density at radius 3 is 2.30 bits per heavy atom. The molecule has 0 fully saturated rings. The lowest BCUT2D eigenvalue weighted by Gasteiger charge is -2.22. The summed E-state index contributed by atoms with van der Waals surface area (Å²) in [5, 5.41) is 0.799. The van der Waals surface area contributed by atoms with E-state index in [9.17, 15) is 9.59 Å². The molecule has 30 heavy (non-hydrogen) atoms. The summed E-state index contributed by atoms with van der Waals surface area (Å²) in [5.74, 6) is -0.751. The van der Waals surface area contributed by atoms with Crippen LogP contribution in [0.15, 0.2) is 78.5 Å². The Labute approximate surface area is 183 Å². The molecule has 2 amide bonds. The third-order valence-corrected chi connectivity index (χ3v) is 5.98. The molecule has 148 valence electrons. The number of nitrogens with zero attached hydrogens (tertiary/aromatic N) is 2. The highest BCUT2D eigenvalue weighted by molar-refractivity contribution is 6.48. The van der Waals surface area contributed by atoms with E-state index in [0.717, 1.165) is 17.7 Å². The second-order valence-electron chi connectivity index (χ2n) is 7.16. The fourth-order valence-electron chi connectivity index (χ4n) is 4.09. The molecule has 2 heterocycles. The summed E-state index contributed by atoms with van der Waals surface area (Å²) >= 11 is 12.5. The zero-order chi connectivity index (χ0) is 20.8. The average molecular weight is 435 g/mol. The molecule has 0 N–H and O–H groups in total. The Hall–Kier alpha value is -3.08. The van der Waals surface area contributed by atoms with Crippen LogP contribution in [0, 0.1) is 0 Å². The zero-order valence-electron chi connectivity index (χ0n) is 15.8. The lowest BCUT2D eigenvalue weighted by molar-refractivity contribution is -0.120. The monoisotopic (exact) mass is 434 g/mol. The summed E-state index contributed by atoms with van der Waals surface area (Å²) in [5.41, 5.74) is 3.74. The molecule has 5 rings (SSSR count). The van der Waals surface area contributed by atoms with Crippen molar-refractivity contribution in [1.82, 2.24) is 0 Å². The maximum absolute atomic E-state index is 13.6. The van der Waals surface area contributed by atoms with Crippen molar-refractivity contribution >= 4 is 52.0 Å². The first-order valence-corrected chi connectivity index (χ1v) is 10.3. The maximum atomic E-state index is 13.6. The number of halogens is 2. The minimum atomic E-state index is -0.394. The number of benzene rings is 3. The number of hydrogen-bond acceptors (Lipinski definition) is 3. The predicted molar refractivity (Wildman–Crippen MR) is 120 cm³/mol. The summed E-state index contributed by atoms with van der Waals surface area (Å²) in [6, 6.07) is 21.8. The van der Waals surface area contributed by atoms with Crippen molar-refractivity contribution in [3.63, 3.8) is 0 Å². The van der Waals surface area contributed by atoms with Gasteiger partial charge in [-0.1, -0.05) is 65.7 Å². The fourth-order valence-corrected chi connectivity index (χ4v) is 4.59.